The molecule has 1 saturated carbocycles. The predicted octanol–water partition coefficient (Wildman–Crippen LogP) is 3.48. The van der Waals surface area contributed by atoms with Gasteiger partial charge in [0.2, 0.25) is 5.88 Å². The molecule has 130 valence electrons. The van der Waals surface area contributed by atoms with Gasteiger partial charge in [-0.3, -0.25) is 0 Å². The van der Waals surface area contributed by atoms with Crippen LogP contribution in [0, 0.1) is 0 Å². The van der Waals surface area contributed by atoms with Gasteiger partial charge in [-0.2, -0.15) is 0 Å². The number of halogens is 1. The number of aromatic nitrogens is 1. The van der Waals surface area contributed by atoms with Crippen molar-refractivity contribution < 1.29 is 4.74 Å². The molecule has 1 aliphatic carbocycles. The zero-order valence-corrected chi connectivity index (χ0v) is 16.7. The lowest BCUT2D eigenvalue weighted by Crippen LogP contribution is -2.40. The Labute approximate surface area is 156 Å². The minimum absolute atomic E-state index is 0. The highest BCUT2D eigenvalue weighted by atomic mass is 127. The van der Waals surface area contributed by atoms with Crippen molar-refractivity contribution in [3.05, 3.63) is 23.9 Å². The topological polar surface area (TPSA) is 58.5 Å². The summed E-state index contributed by atoms with van der Waals surface area (Å²) >= 11 is 0. The molecule has 0 atom stereocenters. The van der Waals surface area contributed by atoms with Crippen molar-refractivity contribution in [1.82, 2.24) is 15.6 Å². The minimum Gasteiger partial charge on any atom is -0.474 e. The normalized spacial score (nSPS) is 15.4. The van der Waals surface area contributed by atoms with Crippen LogP contribution in [0.2, 0.25) is 0 Å². The van der Waals surface area contributed by atoms with Crippen LogP contribution in [-0.4, -0.2) is 29.6 Å². The average Bonchev–Trinajstić information content (AvgIpc) is 2.98. The quantitative estimate of drug-likeness (QED) is 0.411. The van der Waals surface area contributed by atoms with E-state index in [-0.39, 0.29) is 24.0 Å². The maximum Gasteiger partial charge on any atom is 0.213 e. The molecule has 0 aliphatic heterocycles. The fourth-order valence-corrected chi connectivity index (χ4v) is 2.55. The van der Waals surface area contributed by atoms with Crippen LogP contribution in [0.5, 0.6) is 5.88 Å². The van der Waals surface area contributed by atoms with Crippen LogP contribution in [0.15, 0.2) is 23.3 Å². The first kappa shape index (κ1) is 20.0. The van der Waals surface area contributed by atoms with E-state index in [4.69, 9.17) is 4.74 Å². The lowest BCUT2D eigenvalue weighted by atomic mass is 10.2. The van der Waals surface area contributed by atoms with Crippen LogP contribution in [0.25, 0.3) is 0 Å². The van der Waals surface area contributed by atoms with Crippen molar-refractivity contribution in [2.75, 3.05) is 6.54 Å². The third kappa shape index (κ3) is 7.37. The van der Waals surface area contributed by atoms with Crippen molar-refractivity contribution in [3.63, 3.8) is 0 Å². The summed E-state index contributed by atoms with van der Waals surface area (Å²) in [5.74, 6) is 1.56. The Morgan fingerprint density at radius 1 is 1.39 bits per heavy atom. The van der Waals surface area contributed by atoms with Gasteiger partial charge in [0.1, 0.15) is 6.10 Å². The standard InChI is InChI=1S/C17H28N4O.HI/c1-4-18-17(21-13(2)3)20-12-14-9-10-19-16(11-14)22-15-7-5-6-8-15;/h9-11,13,15H,4-8,12H2,1-3H3,(H2,18,20,21);1H. The van der Waals surface area contributed by atoms with E-state index >= 15 is 0 Å². The Morgan fingerprint density at radius 3 is 2.78 bits per heavy atom. The Kier molecular flexibility index (Phi) is 9.28. The lowest BCUT2D eigenvalue weighted by molar-refractivity contribution is 0.201. The van der Waals surface area contributed by atoms with Gasteiger partial charge in [0.05, 0.1) is 6.54 Å². The third-order valence-electron chi connectivity index (χ3n) is 3.58. The number of guanidine groups is 1. The summed E-state index contributed by atoms with van der Waals surface area (Å²) in [4.78, 5) is 8.92. The molecule has 1 heterocycles. The van der Waals surface area contributed by atoms with Crippen molar-refractivity contribution in [2.45, 2.75) is 65.1 Å². The number of ether oxygens (including phenoxy) is 1. The molecule has 0 amide bonds. The molecule has 23 heavy (non-hydrogen) atoms. The Balaban J connectivity index is 0.00000264. The van der Waals surface area contributed by atoms with Crippen LogP contribution in [-0.2, 0) is 6.54 Å². The van der Waals surface area contributed by atoms with Gasteiger partial charge in [0.15, 0.2) is 5.96 Å². The highest BCUT2D eigenvalue weighted by Gasteiger charge is 2.16. The minimum atomic E-state index is 0. The molecule has 0 radical (unpaired) electrons. The number of nitrogens with zero attached hydrogens (tertiary/aromatic N) is 2. The molecule has 0 saturated heterocycles. The molecule has 0 unspecified atom stereocenters. The van der Waals surface area contributed by atoms with E-state index in [0.29, 0.717) is 18.7 Å². The van der Waals surface area contributed by atoms with E-state index in [0.717, 1.165) is 36.8 Å². The summed E-state index contributed by atoms with van der Waals surface area (Å²) in [6.07, 6.45) is 6.96. The fourth-order valence-electron chi connectivity index (χ4n) is 2.55. The number of aliphatic imine (C=N–C) groups is 1. The maximum absolute atomic E-state index is 5.94. The monoisotopic (exact) mass is 432 g/mol. The van der Waals surface area contributed by atoms with Gasteiger partial charge >= 0.3 is 0 Å². The van der Waals surface area contributed by atoms with Gasteiger partial charge in [-0.15, -0.1) is 24.0 Å². The molecule has 6 heteroatoms. The van der Waals surface area contributed by atoms with Gasteiger partial charge in [0, 0.05) is 24.8 Å². The molecule has 0 aromatic carbocycles. The number of pyridine rings is 1. The second-order valence-electron chi connectivity index (χ2n) is 6.02. The van der Waals surface area contributed by atoms with Crippen molar-refractivity contribution in [3.8, 4) is 5.88 Å². The Bertz CT molecular complexity index is 487. The molecule has 1 aliphatic rings. The molecule has 1 fully saturated rings. The summed E-state index contributed by atoms with van der Waals surface area (Å²) < 4.78 is 5.94. The van der Waals surface area contributed by atoms with Crippen LogP contribution in [0.1, 0.15) is 52.0 Å². The number of nitrogens with one attached hydrogen (secondary N) is 2. The van der Waals surface area contributed by atoms with Gasteiger partial charge < -0.3 is 15.4 Å². The maximum atomic E-state index is 5.94. The molecular weight excluding hydrogens is 403 g/mol. The lowest BCUT2D eigenvalue weighted by Gasteiger charge is -2.14. The Hall–Kier alpha value is -1.05. The zero-order chi connectivity index (χ0) is 15.8. The molecule has 1 aromatic rings. The molecule has 1 aromatic heterocycles. The molecule has 5 nitrogen and oxygen atoms in total. The van der Waals surface area contributed by atoms with Crippen molar-refractivity contribution >= 4 is 29.9 Å². The van der Waals surface area contributed by atoms with Gasteiger partial charge in [-0.05, 0) is 58.1 Å². The van der Waals surface area contributed by atoms with E-state index < -0.39 is 0 Å². The first-order chi connectivity index (χ1) is 10.7. The molecule has 2 rings (SSSR count). The summed E-state index contributed by atoms with van der Waals surface area (Å²) in [5.41, 5.74) is 1.11. The first-order valence-corrected chi connectivity index (χ1v) is 8.33. The van der Waals surface area contributed by atoms with Crippen LogP contribution < -0.4 is 15.4 Å². The van der Waals surface area contributed by atoms with Gasteiger partial charge in [-0.1, -0.05) is 0 Å². The summed E-state index contributed by atoms with van der Waals surface area (Å²) in [6, 6.07) is 4.35. The van der Waals surface area contributed by atoms with Gasteiger partial charge in [0.25, 0.3) is 0 Å². The number of hydrogen-bond acceptors (Lipinski definition) is 3. The molecule has 0 bridgehead atoms. The second kappa shape index (κ2) is 10.7. The van der Waals surface area contributed by atoms with Crippen molar-refractivity contribution in [2.24, 2.45) is 4.99 Å². The van der Waals surface area contributed by atoms with Crippen LogP contribution in [0.3, 0.4) is 0 Å². The fraction of sp³-hybridized carbons (Fsp3) is 0.647. The van der Waals surface area contributed by atoms with Gasteiger partial charge in [-0.25, -0.2) is 9.98 Å². The summed E-state index contributed by atoms with van der Waals surface area (Å²) in [7, 11) is 0. The van der Waals surface area contributed by atoms with E-state index in [1.165, 1.54) is 12.8 Å². The van der Waals surface area contributed by atoms with E-state index in [1.807, 2.05) is 12.1 Å². The number of rotatable bonds is 6. The summed E-state index contributed by atoms with van der Waals surface area (Å²) in [5, 5.41) is 6.57. The molecular formula is C17H29IN4O. The third-order valence-corrected chi connectivity index (χ3v) is 3.58. The van der Waals surface area contributed by atoms with E-state index in [1.54, 1.807) is 6.20 Å². The second-order valence-corrected chi connectivity index (χ2v) is 6.02. The molecule has 2 N–H and O–H groups in total. The summed E-state index contributed by atoms with van der Waals surface area (Å²) in [6.45, 7) is 7.74. The van der Waals surface area contributed by atoms with Crippen LogP contribution >= 0.6 is 24.0 Å². The zero-order valence-electron chi connectivity index (χ0n) is 14.3. The predicted molar refractivity (Wildman–Crippen MR) is 106 cm³/mol. The first-order valence-electron chi connectivity index (χ1n) is 8.33. The smallest absolute Gasteiger partial charge is 0.213 e. The van der Waals surface area contributed by atoms with Crippen molar-refractivity contribution in [1.29, 1.82) is 0 Å². The average molecular weight is 432 g/mol. The van der Waals surface area contributed by atoms with E-state index in [9.17, 15) is 0 Å². The molecule has 0 spiro atoms. The van der Waals surface area contributed by atoms with E-state index in [2.05, 4.69) is 41.4 Å². The number of hydrogen-bond donors (Lipinski definition) is 2. The highest BCUT2D eigenvalue weighted by molar-refractivity contribution is 14.0. The largest absolute Gasteiger partial charge is 0.474 e. The Morgan fingerprint density at radius 2 is 2.13 bits per heavy atom. The highest BCUT2D eigenvalue weighted by Crippen LogP contribution is 2.23. The van der Waals surface area contributed by atoms with Crippen LogP contribution in [0.4, 0.5) is 0 Å². The SMILES string of the molecule is CCNC(=NCc1ccnc(OC2CCCC2)c1)NC(C)C.I.